The average molecular weight is 559 g/mol. The van der Waals surface area contributed by atoms with E-state index in [-0.39, 0.29) is 5.69 Å². The van der Waals surface area contributed by atoms with Gasteiger partial charge in [-0.25, -0.2) is 9.18 Å². The third kappa shape index (κ3) is 6.80. The summed E-state index contributed by atoms with van der Waals surface area (Å²) in [5.74, 6) is -1.07. The number of likely N-dealkylation sites (N-methyl/N-ethyl adjacent to an activating group) is 1. The molecule has 0 radical (unpaired) electrons. The monoisotopic (exact) mass is 558 g/mol. The summed E-state index contributed by atoms with van der Waals surface area (Å²) in [5.41, 5.74) is 1.38. The zero-order valence-corrected chi connectivity index (χ0v) is 20.5. The summed E-state index contributed by atoms with van der Waals surface area (Å²) in [5, 5.41) is 3.60. The number of hydrogen-bond acceptors (Lipinski definition) is 4. The Labute approximate surface area is 213 Å². The van der Waals surface area contributed by atoms with Gasteiger partial charge in [0, 0.05) is 36.2 Å². The Morgan fingerprint density at radius 1 is 1.06 bits per heavy atom. The summed E-state index contributed by atoms with van der Waals surface area (Å²) in [7, 11) is 4.06. The predicted octanol–water partition coefficient (Wildman–Crippen LogP) is 6.65. The van der Waals surface area contributed by atoms with Gasteiger partial charge in [0.25, 0.3) is 6.17 Å². The first kappa shape index (κ1) is 28.0. The summed E-state index contributed by atoms with van der Waals surface area (Å²) in [6, 6.07) is 8.66. The van der Waals surface area contributed by atoms with Gasteiger partial charge in [-0.2, -0.15) is 22.0 Å². The highest BCUT2D eigenvalue weighted by atomic mass is 35.5. The first-order valence-corrected chi connectivity index (χ1v) is 11.3. The van der Waals surface area contributed by atoms with Crippen molar-refractivity contribution < 1.29 is 35.9 Å². The fraction of sp³-hybridized carbons (Fsp3) is 0.409. The van der Waals surface area contributed by atoms with Gasteiger partial charge in [-0.3, -0.25) is 0 Å². The molecule has 0 spiro atoms. The Balaban J connectivity index is 1.62. The van der Waals surface area contributed by atoms with Gasteiger partial charge in [0.2, 0.25) is 0 Å². The molecule has 0 aliphatic carbocycles. The molecular formula is C22H22Cl2F6N4O2. The topological polar surface area (TPSA) is 56.8 Å². The molecule has 1 aliphatic heterocycles. The fourth-order valence-corrected chi connectivity index (χ4v) is 4.12. The number of benzene rings is 2. The molecule has 2 atom stereocenters. The van der Waals surface area contributed by atoms with E-state index in [1.165, 1.54) is 0 Å². The third-order valence-electron chi connectivity index (χ3n) is 5.46. The van der Waals surface area contributed by atoms with Crippen molar-refractivity contribution >= 4 is 46.3 Å². The lowest BCUT2D eigenvalue weighted by atomic mass is 10.2. The molecule has 0 bridgehead atoms. The van der Waals surface area contributed by atoms with Crippen LogP contribution in [0.25, 0.3) is 0 Å². The van der Waals surface area contributed by atoms with Crippen LogP contribution in [0.4, 0.5) is 48.2 Å². The minimum Gasteiger partial charge on any atom is -0.427 e. The fourth-order valence-electron chi connectivity index (χ4n) is 3.55. The minimum absolute atomic E-state index is 0.0748. The second-order valence-corrected chi connectivity index (χ2v) is 9.13. The van der Waals surface area contributed by atoms with Gasteiger partial charge in [0.05, 0.1) is 10.0 Å². The Kier molecular flexibility index (Phi) is 8.41. The predicted molar refractivity (Wildman–Crippen MR) is 126 cm³/mol. The first-order valence-electron chi connectivity index (χ1n) is 10.5. The van der Waals surface area contributed by atoms with Crippen molar-refractivity contribution in [3.05, 3.63) is 46.4 Å². The van der Waals surface area contributed by atoms with Crippen LogP contribution in [0, 0.1) is 0 Å². The largest absolute Gasteiger partial charge is 0.439 e. The van der Waals surface area contributed by atoms with E-state index in [1.807, 2.05) is 26.2 Å². The van der Waals surface area contributed by atoms with Crippen LogP contribution in [-0.2, 0) is 0 Å². The lowest BCUT2D eigenvalue weighted by Gasteiger charge is -2.24. The van der Waals surface area contributed by atoms with E-state index in [2.05, 4.69) is 25.2 Å². The molecule has 0 saturated carbocycles. The van der Waals surface area contributed by atoms with Crippen LogP contribution in [0.1, 0.15) is 6.42 Å². The van der Waals surface area contributed by atoms with Crippen LogP contribution >= 0.6 is 23.2 Å². The number of alkyl halides is 6. The molecule has 0 aromatic heterocycles. The highest BCUT2D eigenvalue weighted by Crippen LogP contribution is 2.42. The molecular weight excluding hydrogens is 537 g/mol. The molecule has 2 aromatic rings. The van der Waals surface area contributed by atoms with Gasteiger partial charge >= 0.3 is 18.3 Å². The van der Waals surface area contributed by atoms with E-state index >= 15 is 0 Å². The number of carbonyl (C=O) groups excluding carboxylic acids is 1. The molecule has 1 heterocycles. The normalized spacial score (nSPS) is 17.3. The van der Waals surface area contributed by atoms with E-state index in [0.29, 0.717) is 11.7 Å². The number of halogens is 8. The van der Waals surface area contributed by atoms with Crippen molar-refractivity contribution in [1.29, 1.82) is 0 Å². The highest BCUT2D eigenvalue weighted by Gasteiger charge is 2.59. The van der Waals surface area contributed by atoms with Crippen molar-refractivity contribution in [3.63, 3.8) is 0 Å². The molecule has 14 heteroatoms. The van der Waals surface area contributed by atoms with Crippen molar-refractivity contribution in [2.75, 3.05) is 42.7 Å². The smallest absolute Gasteiger partial charge is 0.427 e. The first-order chi connectivity index (χ1) is 16.7. The van der Waals surface area contributed by atoms with E-state index < -0.39 is 40.3 Å². The Bertz CT molecular complexity index is 1060. The van der Waals surface area contributed by atoms with E-state index in [9.17, 15) is 31.1 Å². The van der Waals surface area contributed by atoms with Gasteiger partial charge < -0.3 is 25.2 Å². The summed E-state index contributed by atoms with van der Waals surface area (Å²) in [4.78, 5) is 16.7. The molecule has 1 fully saturated rings. The maximum Gasteiger partial charge on any atom is 0.439 e. The van der Waals surface area contributed by atoms with Gasteiger partial charge in [-0.05, 0) is 56.9 Å². The van der Waals surface area contributed by atoms with Gasteiger partial charge in [0.15, 0.2) is 5.75 Å². The number of urea groups is 1. The maximum absolute atomic E-state index is 13.6. The lowest BCUT2D eigenvalue weighted by molar-refractivity contribution is -0.304. The number of nitrogens with zero attached hydrogens (tertiary/aromatic N) is 2. The summed E-state index contributed by atoms with van der Waals surface area (Å²) in [6.45, 7) is 1.79. The van der Waals surface area contributed by atoms with Crippen LogP contribution in [-0.4, -0.2) is 62.6 Å². The van der Waals surface area contributed by atoms with E-state index in [4.69, 9.17) is 23.2 Å². The SMILES string of the molecule is CN(C)C1CCN(c2ccc(NC(=O)Nc3cc(Cl)c(OC(F)(F)C(F)C(F)(F)F)c(Cl)c3)cc2)C1. The highest BCUT2D eigenvalue weighted by molar-refractivity contribution is 6.37. The Hall–Kier alpha value is -2.57. The van der Waals surface area contributed by atoms with Crippen LogP contribution in [0.3, 0.4) is 0 Å². The van der Waals surface area contributed by atoms with Crippen LogP contribution in [0.5, 0.6) is 5.75 Å². The Morgan fingerprint density at radius 2 is 1.61 bits per heavy atom. The minimum atomic E-state index is -5.87. The van der Waals surface area contributed by atoms with Crippen LogP contribution in [0.15, 0.2) is 36.4 Å². The second kappa shape index (κ2) is 10.8. The molecule has 2 N–H and O–H groups in total. The van der Waals surface area contributed by atoms with Crippen LogP contribution in [0.2, 0.25) is 10.0 Å². The summed E-state index contributed by atoms with van der Waals surface area (Å²) >= 11 is 11.6. The van der Waals surface area contributed by atoms with Crippen molar-refractivity contribution in [2.24, 2.45) is 0 Å². The zero-order chi connectivity index (χ0) is 26.8. The van der Waals surface area contributed by atoms with Gasteiger partial charge in [-0.1, -0.05) is 23.2 Å². The molecule has 2 amide bonds. The summed E-state index contributed by atoms with van der Waals surface area (Å²) < 4.78 is 81.1. The number of rotatable bonds is 7. The molecule has 6 nitrogen and oxygen atoms in total. The molecule has 2 unspecified atom stereocenters. The van der Waals surface area contributed by atoms with Crippen molar-refractivity contribution in [2.45, 2.75) is 30.9 Å². The standard InChI is InChI=1S/C22H22Cl2F6N4O2/c1-33(2)15-7-8-34(11-15)14-5-3-12(4-6-14)31-20(35)32-13-9-16(23)18(17(24)10-13)36-22(29,30)19(25)21(26,27)28/h3-6,9-10,15,19H,7-8,11H2,1-2H3,(H2,31,32,35). The number of anilines is 3. The number of carbonyl (C=O) groups is 1. The molecule has 36 heavy (non-hydrogen) atoms. The van der Waals surface area contributed by atoms with E-state index in [1.54, 1.807) is 12.1 Å². The lowest BCUT2D eigenvalue weighted by Crippen LogP contribution is -2.45. The van der Waals surface area contributed by atoms with Crippen LogP contribution < -0.4 is 20.3 Å². The molecule has 1 aliphatic rings. The maximum atomic E-state index is 13.6. The third-order valence-corrected chi connectivity index (χ3v) is 6.02. The van der Waals surface area contributed by atoms with E-state index in [0.717, 1.165) is 37.3 Å². The zero-order valence-electron chi connectivity index (χ0n) is 19.0. The van der Waals surface area contributed by atoms with Gasteiger partial charge in [0.1, 0.15) is 0 Å². The quantitative estimate of drug-likeness (QED) is 0.373. The number of ether oxygens (including phenoxy) is 1. The number of nitrogens with one attached hydrogen (secondary N) is 2. The number of hydrogen-bond donors (Lipinski definition) is 2. The molecule has 1 saturated heterocycles. The summed E-state index contributed by atoms with van der Waals surface area (Å²) in [6.07, 6.45) is -14.7. The van der Waals surface area contributed by atoms with Gasteiger partial charge in [-0.15, -0.1) is 0 Å². The average Bonchev–Trinajstić information content (AvgIpc) is 3.26. The molecule has 3 rings (SSSR count). The molecule has 198 valence electrons. The van der Waals surface area contributed by atoms with Crippen molar-refractivity contribution in [1.82, 2.24) is 4.90 Å². The Morgan fingerprint density at radius 3 is 2.11 bits per heavy atom. The number of amides is 2. The van der Waals surface area contributed by atoms with Crippen molar-refractivity contribution in [3.8, 4) is 5.75 Å². The molecule has 2 aromatic carbocycles. The second-order valence-electron chi connectivity index (χ2n) is 8.32.